The van der Waals surface area contributed by atoms with E-state index in [0.717, 1.165) is 66.4 Å². The average molecular weight is 751 g/mol. The van der Waals surface area contributed by atoms with E-state index in [0.29, 0.717) is 23.0 Å². The number of benzene rings is 9. The molecule has 0 saturated heterocycles. The van der Waals surface area contributed by atoms with Crippen molar-refractivity contribution < 1.29 is 0 Å². The van der Waals surface area contributed by atoms with E-state index >= 15 is 0 Å². The van der Waals surface area contributed by atoms with Crippen LogP contribution in [0.1, 0.15) is 27.8 Å². The summed E-state index contributed by atoms with van der Waals surface area (Å²) in [6, 6.07) is 74.6. The second-order valence-corrected chi connectivity index (χ2v) is 15.1. The highest BCUT2D eigenvalue weighted by molar-refractivity contribution is 5.91. The third kappa shape index (κ3) is 5.71. The van der Waals surface area contributed by atoms with Crippen LogP contribution in [0.15, 0.2) is 206 Å². The van der Waals surface area contributed by atoms with Crippen LogP contribution in [0, 0.1) is 11.3 Å². The Bertz CT molecular complexity index is 3150. The van der Waals surface area contributed by atoms with Gasteiger partial charge in [0.05, 0.1) is 17.0 Å². The van der Waals surface area contributed by atoms with Crippen molar-refractivity contribution in [2.24, 2.45) is 0 Å². The van der Waals surface area contributed by atoms with Gasteiger partial charge in [-0.15, -0.1) is 0 Å². The molecular formula is C55H34N4. The van der Waals surface area contributed by atoms with Gasteiger partial charge >= 0.3 is 0 Å². The molecule has 0 fully saturated rings. The van der Waals surface area contributed by atoms with Crippen molar-refractivity contribution in [2.45, 2.75) is 5.41 Å². The summed E-state index contributed by atoms with van der Waals surface area (Å²) in [5.74, 6) is 1.85. The number of hydrogen-bond donors (Lipinski definition) is 0. The molecule has 59 heavy (non-hydrogen) atoms. The van der Waals surface area contributed by atoms with Crippen LogP contribution in [0.3, 0.4) is 0 Å². The van der Waals surface area contributed by atoms with E-state index in [1.807, 2.05) is 6.07 Å². The fraction of sp³-hybridized carbons (Fsp3) is 0.0182. The topological polar surface area (TPSA) is 62.5 Å². The van der Waals surface area contributed by atoms with Crippen LogP contribution in [0.5, 0.6) is 0 Å². The molecule has 10 aromatic rings. The van der Waals surface area contributed by atoms with E-state index < -0.39 is 5.41 Å². The van der Waals surface area contributed by atoms with Crippen molar-refractivity contribution in [3.8, 4) is 62.5 Å². The van der Waals surface area contributed by atoms with Crippen LogP contribution in [0.25, 0.3) is 78.0 Å². The maximum atomic E-state index is 10.1. The largest absolute Gasteiger partial charge is 0.208 e. The van der Waals surface area contributed by atoms with Crippen LogP contribution >= 0.6 is 0 Å². The molecule has 0 bridgehead atoms. The van der Waals surface area contributed by atoms with Gasteiger partial charge in [0, 0.05) is 16.7 Å². The first-order valence-corrected chi connectivity index (χ1v) is 19.8. The molecule has 0 N–H and O–H groups in total. The van der Waals surface area contributed by atoms with E-state index in [1.165, 1.54) is 16.3 Å². The number of hydrogen-bond acceptors (Lipinski definition) is 4. The lowest BCUT2D eigenvalue weighted by molar-refractivity contribution is 0.768. The highest BCUT2D eigenvalue weighted by atomic mass is 15.0. The Morgan fingerprint density at radius 1 is 0.339 bits per heavy atom. The Labute approximate surface area is 342 Å². The van der Waals surface area contributed by atoms with Crippen LogP contribution in [0.2, 0.25) is 0 Å². The predicted molar refractivity (Wildman–Crippen MR) is 239 cm³/mol. The lowest BCUT2D eigenvalue weighted by atomic mass is 9.67. The van der Waals surface area contributed by atoms with E-state index in [9.17, 15) is 5.26 Å². The fourth-order valence-electron chi connectivity index (χ4n) is 9.00. The van der Waals surface area contributed by atoms with Crippen molar-refractivity contribution >= 4 is 21.5 Å². The summed E-state index contributed by atoms with van der Waals surface area (Å²) in [6.45, 7) is 0. The van der Waals surface area contributed by atoms with Gasteiger partial charge in [-0.1, -0.05) is 170 Å². The highest BCUT2D eigenvalue weighted by Crippen LogP contribution is 2.57. The second kappa shape index (κ2) is 13.9. The standard InChI is InChI=1S/C55H34N4/c56-35-36-22-28-48-49-34-42(27-29-50(49)55(51(48)30-36,46-18-3-1-4-19-46)47-20-5-2-6-21-47)41-16-11-17-43(33-41)52-57-53(44-25-23-37-12-7-9-14-39(37)31-44)59-54(58-52)45-26-24-38-13-8-10-15-40(38)32-45/h1-34H. The molecule has 4 nitrogen and oxygen atoms in total. The molecule has 274 valence electrons. The first kappa shape index (κ1) is 34.3. The van der Waals surface area contributed by atoms with Gasteiger partial charge in [-0.2, -0.15) is 5.26 Å². The Kier molecular flexibility index (Phi) is 8.06. The van der Waals surface area contributed by atoms with E-state index in [2.05, 4.69) is 206 Å². The molecule has 1 aliphatic rings. The smallest absolute Gasteiger partial charge is 0.164 e. The average Bonchev–Trinajstić information content (AvgIpc) is 3.61. The molecule has 0 aliphatic heterocycles. The predicted octanol–water partition coefficient (Wildman–Crippen LogP) is 13.1. The molecule has 1 heterocycles. The van der Waals surface area contributed by atoms with Crippen LogP contribution in [-0.2, 0) is 5.41 Å². The molecule has 4 heteroatoms. The maximum Gasteiger partial charge on any atom is 0.164 e. The number of nitriles is 1. The summed E-state index contributed by atoms with van der Waals surface area (Å²) in [5, 5.41) is 14.7. The van der Waals surface area contributed by atoms with Gasteiger partial charge in [-0.05, 0) is 102 Å². The first-order valence-electron chi connectivity index (χ1n) is 19.8. The maximum absolute atomic E-state index is 10.1. The lowest BCUT2D eigenvalue weighted by Crippen LogP contribution is -2.28. The van der Waals surface area contributed by atoms with Gasteiger partial charge in [-0.25, -0.2) is 15.0 Å². The SMILES string of the molecule is N#Cc1ccc2c(c1)C(c1ccccc1)(c1ccccc1)c1ccc(-c3cccc(-c4nc(-c5ccc6ccccc6c5)nc(-c5ccc6ccccc6c5)n4)c3)cc1-2. The molecule has 1 aliphatic carbocycles. The summed E-state index contributed by atoms with van der Waals surface area (Å²) in [5.41, 5.74) is 11.9. The zero-order valence-electron chi connectivity index (χ0n) is 31.9. The summed E-state index contributed by atoms with van der Waals surface area (Å²) < 4.78 is 0. The van der Waals surface area contributed by atoms with E-state index in [4.69, 9.17) is 15.0 Å². The van der Waals surface area contributed by atoms with Crippen molar-refractivity contribution in [3.05, 3.63) is 234 Å². The van der Waals surface area contributed by atoms with Crippen molar-refractivity contribution in [1.29, 1.82) is 5.26 Å². The minimum Gasteiger partial charge on any atom is -0.208 e. The van der Waals surface area contributed by atoms with Gasteiger partial charge in [0.15, 0.2) is 17.5 Å². The Morgan fingerprint density at radius 3 is 1.41 bits per heavy atom. The molecule has 0 spiro atoms. The van der Waals surface area contributed by atoms with E-state index in [-0.39, 0.29) is 0 Å². The summed E-state index contributed by atoms with van der Waals surface area (Å²) in [6.07, 6.45) is 0. The monoisotopic (exact) mass is 750 g/mol. The number of aromatic nitrogens is 3. The minimum absolute atomic E-state index is 0.594. The van der Waals surface area contributed by atoms with Gasteiger partial charge in [0.25, 0.3) is 0 Å². The number of nitrogens with zero attached hydrogens (tertiary/aromatic N) is 4. The van der Waals surface area contributed by atoms with Crippen molar-refractivity contribution in [2.75, 3.05) is 0 Å². The van der Waals surface area contributed by atoms with Gasteiger partial charge in [0.1, 0.15) is 0 Å². The summed E-state index contributed by atoms with van der Waals surface area (Å²) >= 11 is 0. The number of rotatable bonds is 6. The fourth-order valence-corrected chi connectivity index (χ4v) is 9.00. The Balaban J connectivity index is 1.07. The highest BCUT2D eigenvalue weighted by Gasteiger charge is 2.46. The van der Waals surface area contributed by atoms with Crippen LogP contribution in [-0.4, -0.2) is 15.0 Å². The third-order valence-corrected chi connectivity index (χ3v) is 11.8. The van der Waals surface area contributed by atoms with E-state index in [1.54, 1.807) is 0 Å². The van der Waals surface area contributed by atoms with Gasteiger partial charge in [-0.3, -0.25) is 0 Å². The summed E-state index contributed by atoms with van der Waals surface area (Å²) in [7, 11) is 0. The molecule has 11 rings (SSSR count). The van der Waals surface area contributed by atoms with Crippen molar-refractivity contribution in [3.63, 3.8) is 0 Å². The summed E-state index contributed by atoms with van der Waals surface area (Å²) in [4.78, 5) is 15.4. The van der Waals surface area contributed by atoms with Crippen molar-refractivity contribution in [1.82, 2.24) is 15.0 Å². The van der Waals surface area contributed by atoms with Gasteiger partial charge in [0.2, 0.25) is 0 Å². The molecule has 0 unspecified atom stereocenters. The molecule has 0 atom stereocenters. The molecular weight excluding hydrogens is 717 g/mol. The molecule has 9 aromatic carbocycles. The quantitative estimate of drug-likeness (QED) is 0.170. The number of fused-ring (bicyclic) bond motifs is 5. The molecule has 0 saturated carbocycles. The Morgan fingerprint density at radius 2 is 0.831 bits per heavy atom. The second-order valence-electron chi connectivity index (χ2n) is 15.1. The first-order chi connectivity index (χ1) is 29.2. The molecule has 0 radical (unpaired) electrons. The lowest BCUT2D eigenvalue weighted by Gasteiger charge is -2.34. The van der Waals surface area contributed by atoms with Crippen LogP contribution < -0.4 is 0 Å². The third-order valence-electron chi connectivity index (χ3n) is 11.8. The molecule has 0 amide bonds. The normalized spacial score (nSPS) is 12.5. The van der Waals surface area contributed by atoms with Gasteiger partial charge < -0.3 is 0 Å². The molecule has 1 aromatic heterocycles. The minimum atomic E-state index is -0.594. The van der Waals surface area contributed by atoms with Crippen LogP contribution in [0.4, 0.5) is 0 Å². The Hall–Kier alpha value is -8.00. The zero-order valence-corrected chi connectivity index (χ0v) is 31.9. The zero-order chi connectivity index (χ0) is 39.3.